The summed E-state index contributed by atoms with van der Waals surface area (Å²) in [6, 6.07) is 7.73. The number of nitrogens with one attached hydrogen (secondary N) is 1. The summed E-state index contributed by atoms with van der Waals surface area (Å²) in [5.41, 5.74) is 4.49. The van der Waals surface area contributed by atoms with E-state index >= 15 is 0 Å². The number of aryl methyl sites for hydroxylation is 1. The second kappa shape index (κ2) is 7.39. The van der Waals surface area contributed by atoms with Crippen LogP contribution in [0.5, 0.6) is 5.75 Å². The summed E-state index contributed by atoms with van der Waals surface area (Å²) in [5.74, 6) is 1.29. The summed E-state index contributed by atoms with van der Waals surface area (Å²) >= 11 is 0. The third-order valence-electron chi connectivity index (χ3n) is 5.11. The van der Waals surface area contributed by atoms with Crippen molar-refractivity contribution in [2.45, 2.75) is 39.7 Å². The summed E-state index contributed by atoms with van der Waals surface area (Å²) < 4.78 is 7.46. The number of hydrogen-bond acceptors (Lipinski definition) is 4. The van der Waals surface area contributed by atoms with Crippen LogP contribution in [-0.2, 0) is 19.4 Å². The van der Waals surface area contributed by atoms with E-state index in [0.717, 1.165) is 30.6 Å². The van der Waals surface area contributed by atoms with E-state index in [2.05, 4.69) is 22.3 Å². The minimum Gasteiger partial charge on any atom is -0.494 e. The molecule has 3 aromatic rings. The Morgan fingerprint density at radius 1 is 1.33 bits per heavy atom. The number of rotatable bonds is 5. The fraction of sp³-hybridized carbons (Fsp3) is 0.381. The van der Waals surface area contributed by atoms with Crippen molar-refractivity contribution in [3.63, 3.8) is 0 Å². The molecule has 4 rings (SSSR count). The van der Waals surface area contributed by atoms with E-state index < -0.39 is 0 Å². The van der Waals surface area contributed by atoms with Crippen molar-refractivity contribution in [1.82, 2.24) is 19.9 Å². The molecule has 1 atom stereocenters. The minimum atomic E-state index is -0.173. The SMILES string of the molecule is CCOc1ccccc1CNC(=O)c1cnn2c3c(cnc12)C[C@H](C)CC3. The van der Waals surface area contributed by atoms with Gasteiger partial charge in [0.25, 0.3) is 5.91 Å². The first-order chi connectivity index (χ1) is 13.2. The number of hydrogen-bond donors (Lipinski definition) is 1. The highest BCUT2D eigenvalue weighted by Crippen LogP contribution is 2.26. The van der Waals surface area contributed by atoms with Crippen molar-refractivity contribution in [2.24, 2.45) is 5.92 Å². The summed E-state index contributed by atoms with van der Waals surface area (Å²) in [7, 11) is 0. The third-order valence-corrected chi connectivity index (χ3v) is 5.11. The molecule has 0 bridgehead atoms. The van der Waals surface area contributed by atoms with Gasteiger partial charge >= 0.3 is 0 Å². The van der Waals surface area contributed by atoms with Gasteiger partial charge in [-0.2, -0.15) is 5.10 Å². The topological polar surface area (TPSA) is 68.5 Å². The lowest BCUT2D eigenvalue weighted by atomic mass is 9.89. The molecule has 0 unspecified atom stereocenters. The van der Waals surface area contributed by atoms with E-state index in [1.54, 1.807) is 6.20 Å². The molecular weight excluding hydrogens is 340 g/mol. The van der Waals surface area contributed by atoms with Gasteiger partial charge < -0.3 is 10.1 Å². The van der Waals surface area contributed by atoms with Crippen LogP contribution < -0.4 is 10.1 Å². The number of ether oxygens (including phenoxy) is 1. The number of aromatic nitrogens is 3. The molecule has 0 radical (unpaired) electrons. The Bertz CT molecular complexity index is 979. The van der Waals surface area contributed by atoms with Gasteiger partial charge in [0.15, 0.2) is 5.65 Å². The molecule has 1 aliphatic rings. The van der Waals surface area contributed by atoms with Crippen molar-refractivity contribution in [3.05, 3.63) is 59.0 Å². The molecule has 0 spiro atoms. The van der Waals surface area contributed by atoms with E-state index in [-0.39, 0.29) is 5.91 Å². The molecule has 6 nitrogen and oxygen atoms in total. The van der Waals surface area contributed by atoms with Crippen molar-refractivity contribution >= 4 is 11.6 Å². The molecule has 1 N–H and O–H groups in total. The zero-order chi connectivity index (χ0) is 18.8. The molecule has 2 aromatic heterocycles. The molecule has 2 heterocycles. The van der Waals surface area contributed by atoms with E-state index in [4.69, 9.17) is 4.74 Å². The average Bonchev–Trinajstić information content (AvgIpc) is 3.11. The second-order valence-electron chi connectivity index (χ2n) is 7.10. The van der Waals surface area contributed by atoms with E-state index in [9.17, 15) is 4.79 Å². The Kier molecular flexibility index (Phi) is 4.79. The van der Waals surface area contributed by atoms with E-state index in [0.29, 0.717) is 30.3 Å². The molecule has 140 valence electrons. The lowest BCUT2D eigenvalue weighted by molar-refractivity contribution is 0.0952. The monoisotopic (exact) mass is 364 g/mol. The van der Waals surface area contributed by atoms with Crippen molar-refractivity contribution in [3.8, 4) is 5.75 Å². The largest absolute Gasteiger partial charge is 0.494 e. The first-order valence-electron chi connectivity index (χ1n) is 9.50. The molecule has 27 heavy (non-hydrogen) atoms. The number of carbonyl (C=O) groups is 1. The second-order valence-corrected chi connectivity index (χ2v) is 7.10. The lowest BCUT2D eigenvalue weighted by Crippen LogP contribution is -2.23. The van der Waals surface area contributed by atoms with Crippen molar-refractivity contribution in [2.75, 3.05) is 6.61 Å². The molecule has 6 heteroatoms. The summed E-state index contributed by atoms with van der Waals surface area (Å²) in [6.07, 6.45) is 6.66. The van der Waals surface area contributed by atoms with Gasteiger partial charge in [-0.3, -0.25) is 4.79 Å². The standard InChI is InChI=1S/C21H24N4O2/c1-3-27-19-7-5-4-6-15(19)11-23-21(26)17-13-24-25-18-9-8-14(2)10-16(18)12-22-20(17)25/h4-7,12-14H,3,8-11H2,1-2H3,(H,23,26)/t14-/m1/s1. The first kappa shape index (κ1) is 17.5. The van der Waals surface area contributed by atoms with Gasteiger partial charge in [0.1, 0.15) is 11.3 Å². The molecular formula is C21H24N4O2. The maximum atomic E-state index is 12.7. The average molecular weight is 364 g/mol. The molecule has 1 aromatic carbocycles. The molecule has 1 aliphatic carbocycles. The number of carbonyl (C=O) groups excluding carboxylic acids is 1. The summed E-state index contributed by atoms with van der Waals surface area (Å²) in [4.78, 5) is 17.3. The van der Waals surface area contributed by atoms with Crippen LogP contribution in [0, 0.1) is 5.92 Å². The quantitative estimate of drug-likeness (QED) is 0.755. The highest BCUT2D eigenvalue weighted by atomic mass is 16.5. The van der Waals surface area contributed by atoms with Gasteiger partial charge in [0.2, 0.25) is 0 Å². The Balaban J connectivity index is 1.55. The summed E-state index contributed by atoms with van der Waals surface area (Å²) in [6.45, 7) is 5.19. The summed E-state index contributed by atoms with van der Waals surface area (Å²) in [5, 5.41) is 7.42. The minimum absolute atomic E-state index is 0.173. The molecule has 0 saturated heterocycles. The van der Waals surface area contributed by atoms with Crippen LogP contribution in [0.15, 0.2) is 36.7 Å². The van der Waals surface area contributed by atoms with Crippen molar-refractivity contribution < 1.29 is 9.53 Å². The Morgan fingerprint density at radius 3 is 3.04 bits per heavy atom. The number of fused-ring (bicyclic) bond motifs is 3. The van der Waals surface area contributed by atoms with Crippen LogP contribution in [0.25, 0.3) is 5.65 Å². The van der Waals surface area contributed by atoms with Gasteiger partial charge in [-0.05, 0) is 43.7 Å². The zero-order valence-corrected chi connectivity index (χ0v) is 15.7. The molecule has 0 saturated carbocycles. The van der Waals surface area contributed by atoms with Crippen LogP contribution in [0.1, 0.15) is 47.4 Å². The van der Waals surface area contributed by atoms with Crippen LogP contribution in [0.2, 0.25) is 0 Å². The maximum Gasteiger partial charge on any atom is 0.257 e. The number of nitrogens with zero attached hydrogens (tertiary/aromatic N) is 3. The highest BCUT2D eigenvalue weighted by Gasteiger charge is 2.22. The maximum absolute atomic E-state index is 12.7. The number of para-hydroxylation sites is 1. The van der Waals surface area contributed by atoms with Crippen LogP contribution in [0.3, 0.4) is 0 Å². The smallest absolute Gasteiger partial charge is 0.257 e. The van der Waals surface area contributed by atoms with Crippen LogP contribution in [-0.4, -0.2) is 27.1 Å². The van der Waals surface area contributed by atoms with Gasteiger partial charge in [-0.1, -0.05) is 25.1 Å². The van der Waals surface area contributed by atoms with E-state index in [1.807, 2.05) is 41.9 Å². The predicted molar refractivity (Wildman–Crippen MR) is 103 cm³/mol. The number of benzene rings is 1. The first-order valence-corrected chi connectivity index (χ1v) is 9.50. The fourth-order valence-electron chi connectivity index (χ4n) is 3.69. The normalized spacial score (nSPS) is 16.1. The third kappa shape index (κ3) is 3.39. The molecule has 0 aliphatic heterocycles. The lowest BCUT2D eigenvalue weighted by Gasteiger charge is -2.21. The zero-order valence-electron chi connectivity index (χ0n) is 15.7. The molecule has 1 amide bonds. The van der Waals surface area contributed by atoms with Crippen LogP contribution >= 0.6 is 0 Å². The number of amides is 1. The highest BCUT2D eigenvalue weighted by molar-refractivity contribution is 5.99. The van der Waals surface area contributed by atoms with Gasteiger partial charge in [0.05, 0.1) is 12.8 Å². The van der Waals surface area contributed by atoms with Gasteiger partial charge in [-0.25, -0.2) is 9.50 Å². The predicted octanol–water partition coefficient (Wildman–Crippen LogP) is 3.18. The Labute approximate surface area is 158 Å². The van der Waals surface area contributed by atoms with Crippen LogP contribution in [0.4, 0.5) is 0 Å². The Hall–Kier alpha value is -2.89. The van der Waals surface area contributed by atoms with Gasteiger partial charge in [0, 0.05) is 24.0 Å². The Morgan fingerprint density at radius 2 is 2.19 bits per heavy atom. The molecule has 0 fully saturated rings. The van der Waals surface area contributed by atoms with Crippen molar-refractivity contribution in [1.29, 1.82) is 0 Å². The van der Waals surface area contributed by atoms with E-state index in [1.165, 1.54) is 11.3 Å². The fourth-order valence-corrected chi connectivity index (χ4v) is 3.69. The van der Waals surface area contributed by atoms with Gasteiger partial charge in [-0.15, -0.1) is 0 Å².